The second-order valence-electron chi connectivity index (χ2n) is 6.45. The maximum Gasteiger partial charge on any atom is 0.430 e. The van der Waals surface area contributed by atoms with Gasteiger partial charge in [0.15, 0.2) is 0 Å². The van der Waals surface area contributed by atoms with Crippen molar-refractivity contribution in [1.29, 1.82) is 0 Å². The Balaban J connectivity index is 1.98. The van der Waals surface area contributed by atoms with Gasteiger partial charge in [-0.1, -0.05) is 6.07 Å². The normalized spacial score (nSPS) is 16.2. The fourth-order valence-electron chi connectivity index (χ4n) is 2.88. The summed E-state index contributed by atoms with van der Waals surface area (Å²) in [5.74, 6) is -0.858. The van der Waals surface area contributed by atoms with Crippen LogP contribution in [0.5, 0.6) is 17.2 Å². The van der Waals surface area contributed by atoms with Crippen molar-refractivity contribution in [2.45, 2.75) is 33.1 Å². The zero-order valence-corrected chi connectivity index (χ0v) is 14.8. The Labute approximate surface area is 153 Å². The van der Waals surface area contributed by atoms with Gasteiger partial charge in [0.25, 0.3) is 0 Å². The maximum absolute atomic E-state index is 13.2. The molecule has 0 fully saturated rings. The van der Waals surface area contributed by atoms with E-state index in [1.54, 1.807) is 6.07 Å². The molecule has 1 atom stereocenters. The number of carboxylic acids is 1. The van der Waals surface area contributed by atoms with Crippen molar-refractivity contribution in [3.05, 3.63) is 58.2 Å². The monoisotopic (exact) mass is 378 g/mol. The molecule has 2 aromatic carbocycles. The van der Waals surface area contributed by atoms with E-state index >= 15 is 0 Å². The number of aliphatic carboxylic acids is 1. The first-order valence-corrected chi connectivity index (χ1v) is 8.14. The lowest BCUT2D eigenvalue weighted by atomic mass is 10.0. The third-order valence-corrected chi connectivity index (χ3v) is 4.36. The molecule has 0 radical (unpaired) electrons. The topological polar surface area (TPSA) is 55.8 Å². The summed E-state index contributed by atoms with van der Waals surface area (Å²) >= 11 is 0. The number of aryl methyl sites for hydroxylation is 2. The molecule has 0 bridgehead atoms. The van der Waals surface area contributed by atoms with Crippen molar-refractivity contribution in [2.24, 2.45) is 0 Å². The van der Waals surface area contributed by atoms with Crippen molar-refractivity contribution in [3.63, 3.8) is 0 Å². The van der Waals surface area contributed by atoms with Crippen LogP contribution in [0, 0.1) is 20.8 Å². The summed E-state index contributed by atoms with van der Waals surface area (Å²) in [6.45, 7) is 5.75. The van der Waals surface area contributed by atoms with E-state index in [9.17, 15) is 18.0 Å². The van der Waals surface area contributed by atoms with Crippen LogP contribution in [0.3, 0.4) is 0 Å². The van der Waals surface area contributed by atoms with Crippen LogP contribution in [0.15, 0.2) is 35.9 Å². The summed E-state index contributed by atoms with van der Waals surface area (Å²) in [5, 5.41) is 9.06. The zero-order valence-electron chi connectivity index (χ0n) is 14.8. The third-order valence-electron chi connectivity index (χ3n) is 4.36. The molecule has 1 aliphatic rings. The molecule has 1 heterocycles. The number of hydrogen-bond acceptors (Lipinski definition) is 3. The number of benzene rings is 2. The average molecular weight is 378 g/mol. The molecule has 0 amide bonds. The van der Waals surface area contributed by atoms with Gasteiger partial charge < -0.3 is 14.6 Å². The predicted octanol–water partition coefficient (Wildman–Crippen LogP) is 5.20. The molecule has 0 spiro atoms. The minimum Gasteiger partial charge on any atom is -0.478 e. The van der Waals surface area contributed by atoms with Gasteiger partial charge in [-0.15, -0.1) is 0 Å². The van der Waals surface area contributed by atoms with Gasteiger partial charge in [-0.3, -0.25) is 0 Å². The number of carboxylic acid groups (broad SMARTS) is 1. The SMILES string of the molecule is Cc1cc(C)c(C)c(Oc2ccc3c(c2)OC(C(F)(F)F)C(C(=O)O)=C3)c1. The Morgan fingerprint density at radius 3 is 2.48 bits per heavy atom. The Morgan fingerprint density at radius 2 is 1.85 bits per heavy atom. The van der Waals surface area contributed by atoms with Crippen LogP contribution in [-0.2, 0) is 4.79 Å². The quantitative estimate of drug-likeness (QED) is 0.798. The number of fused-ring (bicyclic) bond motifs is 1. The van der Waals surface area contributed by atoms with E-state index in [4.69, 9.17) is 14.6 Å². The lowest BCUT2D eigenvalue weighted by Crippen LogP contribution is -2.40. The maximum atomic E-state index is 13.2. The van der Waals surface area contributed by atoms with E-state index in [2.05, 4.69) is 0 Å². The van der Waals surface area contributed by atoms with Gasteiger partial charge in [-0.25, -0.2) is 4.79 Å². The lowest BCUT2D eigenvalue weighted by molar-refractivity contribution is -0.187. The van der Waals surface area contributed by atoms with E-state index < -0.39 is 23.8 Å². The van der Waals surface area contributed by atoms with Gasteiger partial charge in [-0.05, 0) is 61.7 Å². The molecule has 1 aliphatic heterocycles. The highest BCUT2D eigenvalue weighted by Crippen LogP contribution is 2.40. The molecule has 0 aromatic heterocycles. The molecule has 0 aliphatic carbocycles. The van der Waals surface area contributed by atoms with E-state index in [1.165, 1.54) is 12.1 Å². The van der Waals surface area contributed by atoms with Gasteiger partial charge in [0, 0.05) is 11.6 Å². The van der Waals surface area contributed by atoms with Crippen LogP contribution >= 0.6 is 0 Å². The second kappa shape index (κ2) is 6.64. The molecule has 27 heavy (non-hydrogen) atoms. The van der Waals surface area contributed by atoms with Crippen molar-refractivity contribution >= 4 is 12.0 Å². The smallest absolute Gasteiger partial charge is 0.430 e. The zero-order chi connectivity index (χ0) is 19.9. The summed E-state index contributed by atoms with van der Waals surface area (Å²) < 4.78 is 50.3. The Morgan fingerprint density at radius 1 is 1.15 bits per heavy atom. The summed E-state index contributed by atoms with van der Waals surface area (Å²) in [6, 6.07) is 8.20. The Kier molecular flexibility index (Phi) is 4.63. The molecule has 0 saturated heterocycles. The van der Waals surface area contributed by atoms with Crippen molar-refractivity contribution < 1.29 is 32.5 Å². The number of halogens is 3. The highest BCUT2D eigenvalue weighted by atomic mass is 19.4. The number of carbonyl (C=O) groups is 1. The van der Waals surface area contributed by atoms with E-state index in [0.29, 0.717) is 11.5 Å². The summed E-state index contributed by atoms with van der Waals surface area (Å²) in [4.78, 5) is 11.2. The van der Waals surface area contributed by atoms with Crippen LogP contribution in [0.25, 0.3) is 6.08 Å². The van der Waals surface area contributed by atoms with Crippen molar-refractivity contribution in [1.82, 2.24) is 0 Å². The molecule has 0 saturated carbocycles. The largest absolute Gasteiger partial charge is 0.478 e. The molecule has 1 N–H and O–H groups in total. The summed E-state index contributed by atoms with van der Waals surface area (Å²) in [5.41, 5.74) is 2.34. The summed E-state index contributed by atoms with van der Waals surface area (Å²) in [6.07, 6.45) is -6.39. The van der Waals surface area contributed by atoms with Crippen molar-refractivity contribution in [2.75, 3.05) is 0 Å². The van der Waals surface area contributed by atoms with Crippen LogP contribution in [0.2, 0.25) is 0 Å². The molecule has 3 rings (SSSR count). The first-order valence-electron chi connectivity index (χ1n) is 8.14. The Bertz CT molecular complexity index is 945. The van der Waals surface area contributed by atoms with Crippen molar-refractivity contribution in [3.8, 4) is 17.2 Å². The highest BCUT2D eigenvalue weighted by Gasteiger charge is 2.48. The number of hydrogen-bond donors (Lipinski definition) is 1. The molecule has 7 heteroatoms. The molecule has 4 nitrogen and oxygen atoms in total. The average Bonchev–Trinajstić information content (AvgIpc) is 2.57. The molecular weight excluding hydrogens is 361 g/mol. The first kappa shape index (κ1) is 18.8. The van der Waals surface area contributed by atoms with Gasteiger partial charge in [0.05, 0.1) is 5.57 Å². The van der Waals surface area contributed by atoms with Crippen LogP contribution in [0.1, 0.15) is 22.3 Å². The second-order valence-corrected chi connectivity index (χ2v) is 6.45. The minimum atomic E-state index is -4.84. The van der Waals surface area contributed by atoms with E-state index in [0.717, 1.165) is 22.8 Å². The fraction of sp³-hybridized carbons (Fsp3) is 0.250. The number of ether oxygens (including phenoxy) is 2. The van der Waals surface area contributed by atoms with Gasteiger partial charge in [0.2, 0.25) is 6.10 Å². The molecule has 142 valence electrons. The minimum absolute atomic E-state index is 0.0816. The molecule has 1 unspecified atom stereocenters. The lowest BCUT2D eigenvalue weighted by Gasteiger charge is -2.27. The first-order chi connectivity index (χ1) is 12.6. The molecular formula is C20H17F3O4. The van der Waals surface area contributed by atoms with Gasteiger partial charge in [0.1, 0.15) is 17.2 Å². The van der Waals surface area contributed by atoms with Gasteiger partial charge >= 0.3 is 12.1 Å². The standard InChI is InChI=1S/C20H17F3O4/c1-10-6-11(2)12(3)16(7-10)26-14-5-4-13-8-15(19(24)25)18(20(21,22)23)27-17(13)9-14/h4-9,18H,1-3H3,(H,24,25). The fourth-order valence-corrected chi connectivity index (χ4v) is 2.88. The number of alkyl halides is 3. The van der Waals surface area contributed by atoms with Crippen LogP contribution in [-0.4, -0.2) is 23.4 Å². The molecule has 2 aromatic rings. The van der Waals surface area contributed by atoms with Gasteiger partial charge in [-0.2, -0.15) is 13.2 Å². The highest BCUT2D eigenvalue weighted by molar-refractivity contribution is 5.95. The number of rotatable bonds is 3. The van der Waals surface area contributed by atoms with Crippen LogP contribution in [0.4, 0.5) is 13.2 Å². The summed E-state index contributed by atoms with van der Waals surface area (Å²) in [7, 11) is 0. The van der Waals surface area contributed by atoms with E-state index in [-0.39, 0.29) is 11.3 Å². The van der Waals surface area contributed by atoms with Crippen LogP contribution < -0.4 is 9.47 Å². The predicted molar refractivity (Wildman–Crippen MR) is 93.3 cm³/mol. The Hall–Kier alpha value is -2.96. The third kappa shape index (κ3) is 3.77. The van der Waals surface area contributed by atoms with E-state index in [1.807, 2.05) is 32.9 Å².